The molecule has 186 valence electrons. The summed E-state index contributed by atoms with van der Waals surface area (Å²) in [7, 11) is 0. The quantitative estimate of drug-likeness (QED) is 0.376. The standard InChI is InChI=1S/C20H23N7OS2.C3H6O2/c1-12-10-13(2)27(25-12)17-15(4-3-7-22-17)23-18(28)16-11-30-19(24-16)14-5-8-26(9-6-14)20(21)29;1-2-5-3-4/h3-4,7,10-11,14H,5-6,8-9H2,1-2H3,(H2,21,29)(H,23,28);3H,2H2,1H3. The van der Waals surface area contributed by atoms with Gasteiger partial charge in [0.05, 0.1) is 23.0 Å². The van der Waals surface area contributed by atoms with Gasteiger partial charge in [0.15, 0.2) is 10.9 Å². The molecule has 0 atom stereocenters. The van der Waals surface area contributed by atoms with Gasteiger partial charge >= 0.3 is 0 Å². The van der Waals surface area contributed by atoms with Crippen LogP contribution in [-0.4, -0.2) is 61.8 Å². The van der Waals surface area contributed by atoms with Gasteiger partial charge in [-0.2, -0.15) is 5.10 Å². The lowest BCUT2D eigenvalue weighted by Gasteiger charge is -2.31. The van der Waals surface area contributed by atoms with Crippen LogP contribution in [0.15, 0.2) is 29.8 Å². The largest absolute Gasteiger partial charge is 0.468 e. The molecule has 0 aliphatic carbocycles. The first-order valence-corrected chi connectivity index (χ1v) is 12.5. The second kappa shape index (κ2) is 12.4. The van der Waals surface area contributed by atoms with E-state index in [-0.39, 0.29) is 5.91 Å². The third kappa shape index (κ3) is 6.83. The Bertz CT molecular complexity index is 1170. The van der Waals surface area contributed by atoms with Crippen LogP contribution in [0.4, 0.5) is 5.69 Å². The normalized spacial score (nSPS) is 13.5. The third-order valence-electron chi connectivity index (χ3n) is 5.39. The molecule has 0 spiro atoms. The Labute approximate surface area is 213 Å². The van der Waals surface area contributed by atoms with Gasteiger partial charge in [0.2, 0.25) is 0 Å². The summed E-state index contributed by atoms with van der Waals surface area (Å²) in [5, 5.41) is 10.6. The fraction of sp³-hybridized carbons (Fsp3) is 0.391. The van der Waals surface area contributed by atoms with Crippen LogP contribution in [0.3, 0.4) is 0 Å². The number of aryl methyl sites for hydroxylation is 2. The number of nitrogens with two attached hydrogens (primary N) is 1. The summed E-state index contributed by atoms with van der Waals surface area (Å²) in [5.41, 5.74) is 8.55. The van der Waals surface area contributed by atoms with Crippen molar-refractivity contribution >= 4 is 46.7 Å². The Hall–Kier alpha value is -3.38. The SMILES string of the molecule is CCOC=O.Cc1cc(C)n(-c2ncccc2NC(=O)c2csc(C3CCN(C(N)=S)CC3)n2)n1. The lowest BCUT2D eigenvalue weighted by atomic mass is 9.98. The van der Waals surface area contributed by atoms with Crippen molar-refractivity contribution in [3.8, 4) is 5.82 Å². The molecule has 4 heterocycles. The minimum Gasteiger partial charge on any atom is -0.468 e. The van der Waals surface area contributed by atoms with Crippen molar-refractivity contribution in [1.29, 1.82) is 0 Å². The Balaban J connectivity index is 0.000000623. The Kier molecular flexibility index (Phi) is 9.26. The summed E-state index contributed by atoms with van der Waals surface area (Å²) in [6.45, 7) is 8.19. The van der Waals surface area contributed by atoms with Gasteiger partial charge in [-0.05, 0) is 64.0 Å². The number of aromatic nitrogens is 4. The molecule has 12 heteroatoms. The number of nitrogens with one attached hydrogen (secondary N) is 1. The second-order valence-electron chi connectivity index (χ2n) is 7.89. The molecular formula is C23H29N7O3S2. The lowest BCUT2D eigenvalue weighted by molar-refractivity contribution is -0.128. The van der Waals surface area contributed by atoms with Crippen LogP contribution in [0, 0.1) is 13.8 Å². The zero-order valence-electron chi connectivity index (χ0n) is 19.9. The molecule has 3 aromatic heterocycles. The van der Waals surface area contributed by atoms with E-state index in [0.29, 0.717) is 41.3 Å². The molecule has 1 aliphatic rings. The van der Waals surface area contributed by atoms with Crippen molar-refractivity contribution in [3.05, 3.63) is 51.9 Å². The molecule has 1 fully saturated rings. The average Bonchev–Trinajstić information content (AvgIpc) is 3.47. The van der Waals surface area contributed by atoms with Crippen LogP contribution < -0.4 is 11.1 Å². The number of nitrogens with zero attached hydrogens (tertiary/aromatic N) is 5. The Morgan fingerprint density at radius 1 is 1.37 bits per heavy atom. The van der Waals surface area contributed by atoms with Gasteiger partial charge in [-0.15, -0.1) is 11.3 Å². The molecule has 1 amide bonds. The van der Waals surface area contributed by atoms with E-state index < -0.39 is 0 Å². The van der Waals surface area contributed by atoms with Gasteiger partial charge in [0.25, 0.3) is 12.4 Å². The van der Waals surface area contributed by atoms with Gasteiger partial charge in [-0.3, -0.25) is 9.59 Å². The van der Waals surface area contributed by atoms with Gasteiger partial charge in [-0.25, -0.2) is 14.6 Å². The summed E-state index contributed by atoms with van der Waals surface area (Å²) in [5.74, 6) is 0.650. The molecule has 3 aromatic rings. The molecule has 1 aliphatic heterocycles. The molecular weight excluding hydrogens is 486 g/mol. The number of anilines is 1. The van der Waals surface area contributed by atoms with E-state index in [9.17, 15) is 9.59 Å². The molecule has 35 heavy (non-hydrogen) atoms. The number of carbonyl (C=O) groups excluding carboxylic acids is 2. The predicted octanol–water partition coefficient (Wildman–Crippen LogP) is 3.20. The van der Waals surface area contributed by atoms with Crippen LogP contribution in [0.5, 0.6) is 0 Å². The van der Waals surface area contributed by atoms with E-state index in [1.807, 2.05) is 36.3 Å². The molecule has 4 rings (SSSR count). The van der Waals surface area contributed by atoms with Gasteiger partial charge < -0.3 is 20.7 Å². The minimum atomic E-state index is -0.256. The van der Waals surface area contributed by atoms with E-state index in [2.05, 4.69) is 25.1 Å². The highest BCUT2D eigenvalue weighted by molar-refractivity contribution is 7.80. The first-order valence-electron chi connectivity index (χ1n) is 11.2. The summed E-state index contributed by atoms with van der Waals surface area (Å²) in [4.78, 5) is 33.1. The zero-order valence-corrected chi connectivity index (χ0v) is 21.6. The molecule has 3 N–H and O–H groups in total. The second-order valence-corrected chi connectivity index (χ2v) is 9.20. The number of thiocarbonyl (C=S) groups is 1. The summed E-state index contributed by atoms with van der Waals surface area (Å²) in [6.07, 6.45) is 3.54. The first-order chi connectivity index (χ1) is 16.8. The smallest absolute Gasteiger partial charge is 0.293 e. The van der Waals surface area contributed by atoms with Crippen LogP contribution in [0.1, 0.15) is 52.6 Å². The molecule has 0 saturated carbocycles. The highest BCUT2D eigenvalue weighted by Gasteiger charge is 2.24. The highest BCUT2D eigenvalue weighted by Crippen LogP contribution is 2.30. The van der Waals surface area contributed by atoms with E-state index >= 15 is 0 Å². The fourth-order valence-electron chi connectivity index (χ4n) is 3.69. The van der Waals surface area contributed by atoms with Crippen molar-refractivity contribution in [3.63, 3.8) is 0 Å². The molecule has 0 bridgehead atoms. The van der Waals surface area contributed by atoms with Crippen molar-refractivity contribution in [2.45, 2.75) is 39.5 Å². The minimum absolute atomic E-state index is 0.256. The maximum Gasteiger partial charge on any atom is 0.293 e. The molecule has 0 unspecified atom stereocenters. The number of amides is 1. The number of ether oxygens (including phenoxy) is 1. The number of rotatable bonds is 6. The number of likely N-dealkylation sites (tertiary alicyclic amines) is 1. The molecule has 0 radical (unpaired) electrons. The number of hydrogen-bond donors (Lipinski definition) is 2. The van der Waals surface area contributed by atoms with Gasteiger partial charge in [0, 0.05) is 36.3 Å². The average molecular weight is 516 g/mol. The molecule has 1 saturated heterocycles. The van der Waals surface area contributed by atoms with Crippen LogP contribution in [0.25, 0.3) is 5.82 Å². The topological polar surface area (TPSA) is 128 Å². The van der Waals surface area contributed by atoms with Crippen molar-refractivity contribution in [2.75, 3.05) is 25.0 Å². The van der Waals surface area contributed by atoms with Crippen LogP contribution in [-0.2, 0) is 9.53 Å². The maximum absolute atomic E-state index is 12.9. The summed E-state index contributed by atoms with van der Waals surface area (Å²) in [6, 6.07) is 5.57. The zero-order chi connectivity index (χ0) is 25.4. The number of thiazole rings is 1. The monoisotopic (exact) mass is 515 g/mol. The fourth-order valence-corrected chi connectivity index (χ4v) is 4.84. The summed E-state index contributed by atoms with van der Waals surface area (Å²) < 4.78 is 5.88. The summed E-state index contributed by atoms with van der Waals surface area (Å²) >= 11 is 6.58. The lowest BCUT2D eigenvalue weighted by Crippen LogP contribution is -2.40. The maximum atomic E-state index is 12.9. The van der Waals surface area contributed by atoms with E-state index in [0.717, 1.165) is 42.3 Å². The number of pyridine rings is 1. The number of carbonyl (C=O) groups is 2. The third-order valence-corrected chi connectivity index (χ3v) is 6.66. The number of hydrogen-bond acceptors (Lipinski definition) is 8. The Morgan fingerprint density at radius 3 is 2.69 bits per heavy atom. The van der Waals surface area contributed by atoms with Crippen molar-refractivity contribution < 1.29 is 14.3 Å². The van der Waals surface area contributed by atoms with Crippen LogP contribution >= 0.6 is 23.6 Å². The molecule has 0 aromatic carbocycles. The van der Waals surface area contributed by atoms with Crippen molar-refractivity contribution in [2.24, 2.45) is 5.73 Å². The molecule has 10 nitrogen and oxygen atoms in total. The van der Waals surface area contributed by atoms with Crippen LogP contribution in [0.2, 0.25) is 0 Å². The van der Waals surface area contributed by atoms with E-state index in [4.69, 9.17) is 18.0 Å². The van der Waals surface area contributed by atoms with E-state index in [1.165, 1.54) is 11.3 Å². The first kappa shape index (κ1) is 26.2. The van der Waals surface area contributed by atoms with Gasteiger partial charge in [-0.1, -0.05) is 0 Å². The highest BCUT2D eigenvalue weighted by atomic mass is 32.1. The predicted molar refractivity (Wildman–Crippen MR) is 139 cm³/mol. The van der Waals surface area contributed by atoms with Crippen molar-refractivity contribution in [1.82, 2.24) is 24.6 Å². The van der Waals surface area contributed by atoms with E-state index in [1.54, 1.807) is 23.9 Å². The number of piperidine rings is 1. The Morgan fingerprint density at radius 2 is 2.11 bits per heavy atom. The van der Waals surface area contributed by atoms with Gasteiger partial charge in [0.1, 0.15) is 5.69 Å².